The Hall–Kier alpha value is -0.930. The van der Waals surface area contributed by atoms with Gasteiger partial charge in [-0.2, -0.15) is 0 Å². The topological polar surface area (TPSA) is 0 Å². The number of hydrogen-bond donors (Lipinski definition) is 0. The van der Waals surface area contributed by atoms with Gasteiger partial charge in [0.2, 0.25) is 0 Å². The van der Waals surface area contributed by atoms with Crippen LogP contribution in [0.25, 0.3) is 0 Å². The van der Waals surface area contributed by atoms with Gasteiger partial charge in [0.1, 0.15) is 11.6 Å². The standard InChI is InChI=1S/C16H14BrClF2/c17-16-9-15(20)6-3-13(16)8-12(10-18)7-11-1-4-14(19)5-2-11/h1-6,9,12H,7-8,10H2. The van der Waals surface area contributed by atoms with Crippen LogP contribution in [-0.4, -0.2) is 5.88 Å². The van der Waals surface area contributed by atoms with Crippen LogP contribution < -0.4 is 0 Å². The second-order valence-corrected chi connectivity index (χ2v) is 5.95. The van der Waals surface area contributed by atoms with Crippen molar-refractivity contribution in [2.24, 2.45) is 5.92 Å². The average Bonchev–Trinajstić information content (AvgIpc) is 2.43. The number of rotatable bonds is 5. The number of benzene rings is 2. The maximum Gasteiger partial charge on any atom is 0.124 e. The monoisotopic (exact) mass is 358 g/mol. The zero-order valence-corrected chi connectivity index (χ0v) is 13.1. The van der Waals surface area contributed by atoms with Crippen LogP contribution in [0.5, 0.6) is 0 Å². The SMILES string of the molecule is Fc1ccc(CC(CCl)Cc2ccc(F)cc2Br)cc1. The van der Waals surface area contributed by atoms with Crippen LogP contribution in [0.1, 0.15) is 11.1 Å². The predicted molar refractivity (Wildman–Crippen MR) is 82.1 cm³/mol. The van der Waals surface area contributed by atoms with E-state index in [1.165, 1.54) is 24.3 Å². The van der Waals surface area contributed by atoms with Gasteiger partial charge >= 0.3 is 0 Å². The maximum atomic E-state index is 13.1. The van der Waals surface area contributed by atoms with E-state index in [1.54, 1.807) is 18.2 Å². The summed E-state index contributed by atoms with van der Waals surface area (Å²) in [4.78, 5) is 0. The summed E-state index contributed by atoms with van der Waals surface area (Å²) >= 11 is 9.39. The molecule has 0 aliphatic rings. The van der Waals surface area contributed by atoms with E-state index >= 15 is 0 Å². The lowest BCUT2D eigenvalue weighted by Crippen LogP contribution is -2.10. The zero-order chi connectivity index (χ0) is 14.5. The van der Waals surface area contributed by atoms with E-state index in [1.807, 2.05) is 0 Å². The van der Waals surface area contributed by atoms with Crippen LogP contribution in [0.4, 0.5) is 8.78 Å². The molecule has 0 aliphatic carbocycles. The minimum atomic E-state index is -0.262. The Bertz CT molecular complexity index is 569. The highest BCUT2D eigenvalue weighted by Gasteiger charge is 2.12. The second kappa shape index (κ2) is 7.19. The first kappa shape index (κ1) is 15.5. The fraction of sp³-hybridized carbons (Fsp3) is 0.250. The molecule has 2 rings (SSSR count). The summed E-state index contributed by atoms with van der Waals surface area (Å²) in [5.41, 5.74) is 2.08. The quantitative estimate of drug-likeness (QED) is 0.630. The van der Waals surface area contributed by atoms with Gasteiger partial charge in [-0.05, 0) is 54.2 Å². The molecular formula is C16H14BrClF2. The lowest BCUT2D eigenvalue weighted by Gasteiger charge is -2.15. The highest BCUT2D eigenvalue weighted by atomic mass is 79.9. The fourth-order valence-electron chi connectivity index (χ4n) is 2.13. The van der Waals surface area contributed by atoms with Crippen molar-refractivity contribution in [1.29, 1.82) is 0 Å². The smallest absolute Gasteiger partial charge is 0.124 e. The molecule has 2 aromatic carbocycles. The highest BCUT2D eigenvalue weighted by Crippen LogP contribution is 2.23. The van der Waals surface area contributed by atoms with E-state index in [2.05, 4.69) is 15.9 Å². The molecule has 0 bridgehead atoms. The number of hydrogen-bond acceptors (Lipinski definition) is 0. The van der Waals surface area contributed by atoms with E-state index < -0.39 is 0 Å². The Morgan fingerprint density at radius 1 is 0.950 bits per heavy atom. The third-order valence-corrected chi connectivity index (χ3v) is 4.35. The molecule has 0 aromatic heterocycles. The largest absolute Gasteiger partial charge is 0.207 e. The molecule has 0 aliphatic heterocycles. The maximum absolute atomic E-state index is 13.1. The van der Waals surface area contributed by atoms with Crippen molar-refractivity contribution >= 4 is 27.5 Å². The molecule has 0 heterocycles. The van der Waals surface area contributed by atoms with E-state index in [4.69, 9.17) is 11.6 Å². The molecule has 0 saturated carbocycles. The van der Waals surface area contributed by atoms with Crippen LogP contribution in [0.15, 0.2) is 46.9 Å². The molecule has 4 heteroatoms. The minimum absolute atomic E-state index is 0.226. The van der Waals surface area contributed by atoms with Crippen molar-refractivity contribution in [3.63, 3.8) is 0 Å². The average molecular weight is 360 g/mol. The summed E-state index contributed by atoms with van der Waals surface area (Å²) in [6, 6.07) is 11.1. The Morgan fingerprint density at radius 2 is 1.60 bits per heavy atom. The second-order valence-electron chi connectivity index (χ2n) is 4.79. The Morgan fingerprint density at radius 3 is 2.20 bits per heavy atom. The minimum Gasteiger partial charge on any atom is -0.207 e. The molecule has 0 amide bonds. The molecule has 0 saturated heterocycles. The van der Waals surface area contributed by atoms with E-state index in [9.17, 15) is 8.78 Å². The van der Waals surface area contributed by atoms with Gasteiger partial charge in [0, 0.05) is 10.4 Å². The predicted octanol–water partition coefficient (Wildman–Crippen LogP) is 5.37. The van der Waals surface area contributed by atoms with Crippen LogP contribution >= 0.6 is 27.5 Å². The van der Waals surface area contributed by atoms with Crippen LogP contribution in [0.3, 0.4) is 0 Å². The highest BCUT2D eigenvalue weighted by molar-refractivity contribution is 9.10. The van der Waals surface area contributed by atoms with Crippen LogP contribution in [0, 0.1) is 17.6 Å². The molecule has 0 spiro atoms. The molecule has 20 heavy (non-hydrogen) atoms. The number of alkyl halides is 1. The lowest BCUT2D eigenvalue weighted by molar-refractivity contribution is 0.577. The van der Waals surface area contributed by atoms with Gasteiger partial charge in [0.25, 0.3) is 0 Å². The zero-order valence-electron chi connectivity index (χ0n) is 10.8. The van der Waals surface area contributed by atoms with Gasteiger partial charge < -0.3 is 0 Å². The summed E-state index contributed by atoms with van der Waals surface area (Å²) in [6.45, 7) is 0. The summed E-state index contributed by atoms with van der Waals surface area (Å²) in [5.74, 6) is 0.226. The van der Waals surface area contributed by atoms with Crippen molar-refractivity contribution < 1.29 is 8.78 Å². The molecule has 0 nitrogen and oxygen atoms in total. The summed E-state index contributed by atoms with van der Waals surface area (Å²) in [6.07, 6.45) is 1.52. The normalized spacial score (nSPS) is 12.4. The summed E-state index contributed by atoms with van der Waals surface area (Å²) in [7, 11) is 0. The molecular weight excluding hydrogens is 346 g/mol. The van der Waals surface area contributed by atoms with Crippen molar-refractivity contribution in [3.05, 3.63) is 69.7 Å². The van der Waals surface area contributed by atoms with Gasteiger partial charge in [0.05, 0.1) is 0 Å². The first-order chi connectivity index (χ1) is 9.58. The molecule has 2 aromatic rings. The molecule has 1 unspecified atom stereocenters. The molecule has 1 atom stereocenters. The lowest BCUT2D eigenvalue weighted by atomic mass is 9.94. The van der Waals surface area contributed by atoms with E-state index in [-0.39, 0.29) is 17.6 Å². The van der Waals surface area contributed by atoms with Crippen LogP contribution in [0.2, 0.25) is 0 Å². The van der Waals surface area contributed by atoms with Gasteiger partial charge in [-0.15, -0.1) is 11.6 Å². The molecule has 106 valence electrons. The molecule has 0 fully saturated rings. The third-order valence-electron chi connectivity index (χ3n) is 3.18. The van der Waals surface area contributed by atoms with Gasteiger partial charge in [-0.3, -0.25) is 0 Å². The van der Waals surface area contributed by atoms with E-state index in [0.717, 1.165) is 28.4 Å². The van der Waals surface area contributed by atoms with Crippen molar-refractivity contribution in [3.8, 4) is 0 Å². The van der Waals surface area contributed by atoms with Gasteiger partial charge in [-0.25, -0.2) is 8.78 Å². The summed E-state index contributed by atoms with van der Waals surface area (Å²) in [5, 5.41) is 0. The first-order valence-corrected chi connectivity index (χ1v) is 7.65. The fourth-order valence-corrected chi connectivity index (χ4v) is 2.86. The van der Waals surface area contributed by atoms with E-state index in [0.29, 0.717) is 5.88 Å². The summed E-state index contributed by atoms with van der Waals surface area (Å²) < 4.78 is 26.7. The Labute approximate surface area is 130 Å². The molecule has 0 radical (unpaired) electrons. The van der Waals surface area contributed by atoms with Crippen molar-refractivity contribution in [1.82, 2.24) is 0 Å². The first-order valence-electron chi connectivity index (χ1n) is 6.33. The Balaban J connectivity index is 2.07. The van der Waals surface area contributed by atoms with Crippen LogP contribution in [-0.2, 0) is 12.8 Å². The third kappa shape index (κ3) is 4.29. The number of halogens is 4. The molecule has 0 N–H and O–H groups in total. The van der Waals surface area contributed by atoms with Crippen molar-refractivity contribution in [2.45, 2.75) is 12.8 Å². The van der Waals surface area contributed by atoms with Gasteiger partial charge in [0.15, 0.2) is 0 Å². The van der Waals surface area contributed by atoms with Gasteiger partial charge in [-0.1, -0.05) is 34.1 Å². The van der Waals surface area contributed by atoms with Crippen molar-refractivity contribution in [2.75, 3.05) is 5.88 Å². The Kier molecular flexibility index (Phi) is 5.55.